The van der Waals surface area contributed by atoms with Gasteiger partial charge in [-0.15, -0.1) is 0 Å². The number of alkyl halides is 3. The normalized spacial score (nSPS) is 24.2. The molecule has 0 unspecified atom stereocenters. The maximum atomic E-state index is 13.5. The number of hydrogen-bond acceptors (Lipinski definition) is 6. The standard InChI is InChI=1S/C20H18ClF3N4O3S/c1-19-12(5-10(29)6-16(19)32-8-15(26)18(30)31)11(7-25)17(27)28(19)9-2-3-14(21)13(4-9)20(22,23)24/h2-5,15-16,27,29H,6,8,26H2,1H3,(H,30,31)/t15-,16-,19+/m0/s1. The van der Waals surface area contributed by atoms with Gasteiger partial charge in [0.2, 0.25) is 0 Å². The molecular formula is C20H18ClF3N4O3S. The van der Waals surface area contributed by atoms with E-state index >= 15 is 0 Å². The Morgan fingerprint density at radius 1 is 1.53 bits per heavy atom. The van der Waals surface area contributed by atoms with E-state index in [2.05, 4.69) is 0 Å². The fourth-order valence-corrected chi connectivity index (χ4v) is 5.54. The predicted octanol–water partition coefficient (Wildman–Crippen LogP) is 4.09. The Bertz CT molecular complexity index is 1100. The molecular weight excluding hydrogens is 469 g/mol. The number of nitrogens with zero attached hydrogens (tertiary/aromatic N) is 2. The minimum Gasteiger partial charge on any atom is -0.512 e. The van der Waals surface area contributed by atoms with Crippen LogP contribution < -0.4 is 10.6 Å². The Kier molecular flexibility index (Phi) is 6.25. The van der Waals surface area contributed by atoms with Crippen LogP contribution in [0.5, 0.6) is 0 Å². The highest BCUT2D eigenvalue weighted by molar-refractivity contribution is 8.00. The van der Waals surface area contributed by atoms with Crippen molar-refractivity contribution in [1.29, 1.82) is 10.7 Å². The number of nitriles is 1. The van der Waals surface area contributed by atoms with Gasteiger partial charge in [-0.25, -0.2) is 0 Å². The number of anilines is 1. The van der Waals surface area contributed by atoms with Crippen LogP contribution in [0.4, 0.5) is 18.9 Å². The van der Waals surface area contributed by atoms with Crippen LogP contribution >= 0.6 is 23.4 Å². The number of halogens is 4. The van der Waals surface area contributed by atoms with Crippen molar-refractivity contribution in [2.24, 2.45) is 5.73 Å². The number of fused-ring (bicyclic) bond motifs is 1. The Hall–Kier alpha value is -2.68. The van der Waals surface area contributed by atoms with Crippen LogP contribution in [-0.2, 0) is 11.0 Å². The molecule has 1 aliphatic carbocycles. The topological polar surface area (TPSA) is 134 Å². The van der Waals surface area contributed by atoms with E-state index in [0.29, 0.717) is 0 Å². The van der Waals surface area contributed by atoms with Gasteiger partial charge in [0.1, 0.15) is 23.5 Å². The molecule has 7 nitrogen and oxygen atoms in total. The molecule has 170 valence electrons. The summed E-state index contributed by atoms with van der Waals surface area (Å²) < 4.78 is 40.4. The molecule has 32 heavy (non-hydrogen) atoms. The summed E-state index contributed by atoms with van der Waals surface area (Å²) in [5.41, 5.74) is 3.43. The first kappa shape index (κ1) is 24.0. The van der Waals surface area contributed by atoms with Gasteiger partial charge in [0.15, 0.2) is 0 Å². The molecule has 0 fully saturated rings. The molecule has 1 aromatic rings. The van der Waals surface area contributed by atoms with Crippen molar-refractivity contribution in [2.45, 2.75) is 36.4 Å². The van der Waals surface area contributed by atoms with E-state index in [9.17, 15) is 28.3 Å². The number of rotatable bonds is 5. The molecule has 1 aliphatic heterocycles. The fourth-order valence-electron chi connectivity index (χ4n) is 3.89. The van der Waals surface area contributed by atoms with E-state index in [1.165, 1.54) is 17.0 Å². The zero-order valence-corrected chi connectivity index (χ0v) is 18.1. The number of carboxylic acids is 1. The van der Waals surface area contributed by atoms with E-state index in [1.54, 1.807) is 6.92 Å². The van der Waals surface area contributed by atoms with Crippen molar-refractivity contribution < 1.29 is 28.2 Å². The fraction of sp³-hybridized carbons (Fsp3) is 0.350. The molecule has 0 bridgehead atoms. The average molecular weight is 487 g/mol. The molecule has 1 heterocycles. The van der Waals surface area contributed by atoms with Gasteiger partial charge in [-0.3, -0.25) is 10.2 Å². The van der Waals surface area contributed by atoms with Crippen LogP contribution in [0, 0.1) is 16.7 Å². The Labute approximate surface area is 190 Å². The lowest BCUT2D eigenvalue weighted by Crippen LogP contribution is -2.55. The van der Waals surface area contributed by atoms with Crippen molar-refractivity contribution in [3.63, 3.8) is 0 Å². The van der Waals surface area contributed by atoms with Crippen molar-refractivity contribution in [3.05, 3.63) is 51.8 Å². The van der Waals surface area contributed by atoms with Crippen LogP contribution in [0.1, 0.15) is 18.9 Å². The molecule has 0 amide bonds. The third-order valence-corrected chi connectivity index (χ3v) is 7.40. The summed E-state index contributed by atoms with van der Waals surface area (Å²) in [4.78, 5) is 12.4. The molecule has 2 aliphatic rings. The van der Waals surface area contributed by atoms with Crippen molar-refractivity contribution in [2.75, 3.05) is 10.7 Å². The van der Waals surface area contributed by atoms with E-state index < -0.39 is 39.6 Å². The zero-order valence-electron chi connectivity index (χ0n) is 16.6. The van der Waals surface area contributed by atoms with Gasteiger partial charge < -0.3 is 20.8 Å². The van der Waals surface area contributed by atoms with Gasteiger partial charge in [-0.2, -0.15) is 30.2 Å². The number of thioether (sulfide) groups is 1. The minimum atomic E-state index is -4.74. The van der Waals surface area contributed by atoms with Crippen molar-refractivity contribution in [1.82, 2.24) is 0 Å². The average Bonchev–Trinajstić information content (AvgIpc) is 2.91. The lowest BCUT2D eigenvalue weighted by Gasteiger charge is -2.45. The molecule has 1 aromatic carbocycles. The van der Waals surface area contributed by atoms with E-state index in [0.717, 1.165) is 23.9 Å². The zero-order chi connectivity index (χ0) is 24.0. The van der Waals surface area contributed by atoms with Gasteiger partial charge >= 0.3 is 12.1 Å². The molecule has 0 saturated carbocycles. The summed E-state index contributed by atoms with van der Waals surface area (Å²) in [5.74, 6) is -1.70. The molecule has 3 rings (SSSR count). The number of carboxylic acid groups (broad SMARTS) is 1. The molecule has 0 aromatic heterocycles. The molecule has 5 N–H and O–H groups in total. The predicted molar refractivity (Wildman–Crippen MR) is 115 cm³/mol. The molecule has 12 heteroatoms. The third-order valence-electron chi connectivity index (χ3n) is 5.49. The second kappa shape index (κ2) is 8.35. The summed E-state index contributed by atoms with van der Waals surface area (Å²) in [6.45, 7) is 1.63. The molecule has 0 spiro atoms. The Morgan fingerprint density at radius 2 is 2.19 bits per heavy atom. The largest absolute Gasteiger partial charge is 0.512 e. The Morgan fingerprint density at radius 3 is 2.75 bits per heavy atom. The number of aliphatic hydroxyl groups excluding tert-OH is 1. The first-order valence-corrected chi connectivity index (χ1v) is 10.6. The lowest BCUT2D eigenvalue weighted by molar-refractivity contribution is -0.138. The summed E-state index contributed by atoms with van der Waals surface area (Å²) in [5, 5.41) is 36.4. The summed E-state index contributed by atoms with van der Waals surface area (Å²) in [7, 11) is 0. The highest BCUT2D eigenvalue weighted by atomic mass is 35.5. The van der Waals surface area contributed by atoms with Gasteiger partial charge in [0.05, 0.1) is 21.9 Å². The minimum absolute atomic E-state index is 0.0140. The quantitative estimate of drug-likeness (QED) is 0.492. The van der Waals surface area contributed by atoms with Crippen molar-refractivity contribution in [3.8, 4) is 6.07 Å². The monoisotopic (exact) mass is 486 g/mol. The van der Waals surface area contributed by atoms with Gasteiger partial charge in [0.25, 0.3) is 0 Å². The molecule has 0 radical (unpaired) electrons. The van der Waals surface area contributed by atoms with Crippen LogP contribution in [0.3, 0.4) is 0 Å². The summed E-state index contributed by atoms with van der Waals surface area (Å²) in [6.07, 6.45) is -3.36. The smallest absolute Gasteiger partial charge is 0.417 e. The van der Waals surface area contributed by atoms with Gasteiger partial charge in [-0.1, -0.05) is 11.6 Å². The van der Waals surface area contributed by atoms with Crippen LogP contribution in [0.2, 0.25) is 5.02 Å². The second-order valence-electron chi connectivity index (χ2n) is 7.50. The first-order chi connectivity index (χ1) is 14.8. The maximum Gasteiger partial charge on any atom is 0.417 e. The van der Waals surface area contributed by atoms with E-state index in [-0.39, 0.29) is 40.6 Å². The lowest BCUT2D eigenvalue weighted by atomic mass is 9.81. The SMILES string of the molecule is C[C@]12C(=C(C#N)C(=N)N1c1ccc(Cl)c(C(F)(F)F)c1)C=C(O)C[C@@H]2SC[C@H](N)C(=O)O. The number of carbonyl (C=O) groups is 1. The third kappa shape index (κ3) is 3.94. The number of benzene rings is 1. The molecule has 0 saturated heterocycles. The Balaban J connectivity index is 2.15. The van der Waals surface area contributed by atoms with Crippen LogP contribution in [0.25, 0.3) is 0 Å². The van der Waals surface area contributed by atoms with Gasteiger partial charge in [-0.05, 0) is 31.2 Å². The number of hydrogen-bond donors (Lipinski definition) is 4. The van der Waals surface area contributed by atoms with E-state index in [1.807, 2.05) is 6.07 Å². The number of nitrogens with one attached hydrogen (secondary N) is 1. The first-order valence-electron chi connectivity index (χ1n) is 9.22. The van der Waals surface area contributed by atoms with Crippen LogP contribution in [0.15, 0.2) is 41.2 Å². The number of nitrogens with two attached hydrogens (primary N) is 1. The highest BCUT2D eigenvalue weighted by Gasteiger charge is 2.54. The number of allylic oxidation sites excluding steroid dienone is 1. The maximum absolute atomic E-state index is 13.5. The van der Waals surface area contributed by atoms with Crippen molar-refractivity contribution >= 4 is 40.9 Å². The number of aliphatic carboxylic acids is 1. The summed E-state index contributed by atoms with van der Waals surface area (Å²) in [6, 6.07) is 3.89. The van der Waals surface area contributed by atoms with E-state index in [4.69, 9.17) is 27.9 Å². The van der Waals surface area contributed by atoms with Crippen LogP contribution in [-0.4, -0.2) is 44.6 Å². The number of aliphatic hydroxyl groups is 1. The molecule has 3 atom stereocenters. The number of amidine groups is 1. The van der Waals surface area contributed by atoms with Gasteiger partial charge in [0, 0.05) is 28.7 Å². The second-order valence-corrected chi connectivity index (χ2v) is 9.14. The highest BCUT2D eigenvalue weighted by Crippen LogP contribution is 2.51. The summed E-state index contributed by atoms with van der Waals surface area (Å²) >= 11 is 6.84.